The summed E-state index contributed by atoms with van der Waals surface area (Å²) in [4.78, 5) is 24.4. The second kappa shape index (κ2) is 8.87. The summed E-state index contributed by atoms with van der Waals surface area (Å²) in [7, 11) is 0. The molecule has 0 radical (unpaired) electrons. The number of amides is 1. The predicted molar refractivity (Wildman–Crippen MR) is 78.7 cm³/mol. The first-order valence-corrected chi connectivity index (χ1v) is 6.54. The fraction of sp³-hybridized carbons (Fsp3) is 0.333. The van der Waals surface area contributed by atoms with Crippen molar-refractivity contribution in [1.29, 1.82) is 0 Å². The second-order valence-electron chi connectivity index (χ2n) is 4.30. The van der Waals surface area contributed by atoms with E-state index < -0.39 is 5.97 Å². The maximum absolute atomic E-state index is 12.2. The van der Waals surface area contributed by atoms with Crippen LogP contribution in [0.3, 0.4) is 0 Å². The van der Waals surface area contributed by atoms with Crippen LogP contribution in [0.5, 0.6) is 0 Å². The van der Waals surface area contributed by atoms with Crippen molar-refractivity contribution in [1.82, 2.24) is 5.32 Å². The van der Waals surface area contributed by atoms with E-state index in [4.69, 9.17) is 5.11 Å². The van der Waals surface area contributed by atoms with Crippen LogP contribution in [0.4, 0.5) is 5.69 Å². The second-order valence-corrected chi connectivity index (χ2v) is 4.30. The minimum Gasteiger partial charge on any atom is -0.481 e. The van der Waals surface area contributed by atoms with E-state index in [9.17, 15) is 9.59 Å². The molecular formula is C15H20N2O3. The molecule has 0 atom stereocenters. The summed E-state index contributed by atoms with van der Waals surface area (Å²) in [6.45, 7) is 4.73. The molecule has 0 fully saturated rings. The molecule has 108 valence electrons. The largest absolute Gasteiger partial charge is 0.481 e. The lowest BCUT2D eigenvalue weighted by atomic mass is 10.2. The number of carbonyl (C=O) groups is 2. The highest BCUT2D eigenvalue weighted by Gasteiger charge is 2.15. The average Bonchev–Trinajstić information content (AvgIpc) is 2.44. The van der Waals surface area contributed by atoms with Gasteiger partial charge in [0.1, 0.15) is 0 Å². The minimum absolute atomic E-state index is 0.0523. The van der Waals surface area contributed by atoms with Crippen LogP contribution in [0.25, 0.3) is 0 Å². The van der Waals surface area contributed by atoms with Gasteiger partial charge < -0.3 is 15.3 Å². The summed E-state index contributed by atoms with van der Waals surface area (Å²) in [5, 5.41) is 11.6. The molecule has 1 aromatic carbocycles. The molecule has 0 unspecified atom stereocenters. The van der Waals surface area contributed by atoms with E-state index in [1.54, 1.807) is 11.0 Å². The van der Waals surface area contributed by atoms with Gasteiger partial charge in [0.15, 0.2) is 0 Å². The molecule has 0 aliphatic carbocycles. The molecule has 0 spiro atoms. The molecule has 0 saturated heterocycles. The van der Waals surface area contributed by atoms with Crippen molar-refractivity contribution < 1.29 is 14.7 Å². The van der Waals surface area contributed by atoms with Crippen LogP contribution < -0.4 is 10.2 Å². The molecule has 0 saturated carbocycles. The Balaban J connectivity index is 2.66. The number of carboxylic acids is 1. The van der Waals surface area contributed by atoms with Crippen molar-refractivity contribution in [2.75, 3.05) is 24.5 Å². The molecule has 20 heavy (non-hydrogen) atoms. The normalized spacial score (nSPS) is 10.0. The number of para-hydroxylation sites is 1. The number of hydrogen-bond acceptors (Lipinski definition) is 3. The molecule has 2 N–H and O–H groups in total. The first kappa shape index (κ1) is 15.9. The fourth-order valence-corrected chi connectivity index (χ4v) is 1.77. The average molecular weight is 276 g/mol. The number of hydrogen-bond donors (Lipinski definition) is 2. The van der Waals surface area contributed by atoms with Crippen molar-refractivity contribution in [2.24, 2.45) is 0 Å². The van der Waals surface area contributed by atoms with Gasteiger partial charge in [0, 0.05) is 25.2 Å². The van der Waals surface area contributed by atoms with Gasteiger partial charge in [-0.3, -0.25) is 9.59 Å². The van der Waals surface area contributed by atoms with Crippen LogP contribution in [-0.4, -0.2) is 36.6 Å². The highest BCUT2D eigenvalue weighted by molar-refractivity contribution is 5.94. The summed E-state index contributed by atoms with van der Waals surface area (Å²) < 4.78 is 0. The number of nitrogens with one attached hydrogen (secondary N) is 1. The number of benzene rings is 1. The highest BCUT2D eigenvalue weighted by atomic mass is 16.4. The fourth-order valence-electron chi connectivity index (χ4n) is 1.77. The Bertz CT molecular complexity index is 446. The standard InChI is InChI=1S/C15H20N2O3/c1-2-10-16-12-14(18)17(11-6-9-15(19)20)13-7-4-3-5-8-13/h2-5,7-8,16H,1,6,9-12H2,(H,19,20). The summed E-state index contributed by atoms with van der Waals surface area (Å²) in [6.07, 6.45) is 2.17. The van der Waals surface area contributed by atoms with Crippen molar-refractivity contribution in [3.05, 3.63) is 43.0 Å². The molecule has 1 aromatic rings. The van der Waals surface area contributed by atoms with Gasteiger partial charge in [0.2, 0.25) is 5.91 Å². The molecule has 0 aromatic heterocycles. The molecule has 5 nitrogen and oxygen atoms in total. The zero-order valence-electron chi connectivity index (χ0n) is 11.4. The first-order valence-electron chi connectivity index (χ1n) is 6.54. The van der Waals surface area contributed by atoms with Gasteiger partial charge in [-0.2, -0.15) is 0 Å². The van der Waals surface area contributed by atoms with Crippen molar-refractivity contribution in [2.45, 2.75) is 12.8 Å². The van der Waals surface area contributed by atoms with Crippen LogP contribution in [0.15, 0.2) is 43.0 Å². The van der Waals surface area contributed by atoms with Crippen LogP contribution >= 0.6 is 0 Å². The van der Waals surface area contributed by atoms with Crippen molar-refractivity contribution in [3.63, 3.8) is 0 Å². The molecule has 0 heterocycles. The number of nitrogens with zero attached hydrogens (tertiary/aromatic N) is 1. The van der Waals surface area contributed by atoms with E-state index in [2.05, 4.69) is 11.9 Å². The monoisotopic (exact) mass is 276 g/mol. The maximum Gasteiger partial charge on any atom is 0.303 e. The van der Waals surface area contributed by atoms with Gasteiger partial charge in [0.25, 0.3) is 0 Å². The van der Waals surface area contributed by atoms with Gasteiger partial charge in [-0.15, -0.1) is 6.58 Å². The Hall–Kier alpha value is -2.14. The van der Waals surface area contributed by atoms with E-state index in [1.807, 2.05) is 30.3 Å². The van der Waals surface area contributed by atoms with Gasteiger partial charge in [0.05, 0.1) is 6.54 Å². The molecule has 0 aliphatic heterocycles. The van der Waals surface area contributed by atoms with Gasteiger partial charge in [-0.25, -0.2) is 0 Å². The molecular weight excluding hydrogens is 256 g/mol. The Labute approximate surface area is 118 Å². The van der Waals surface area contributed by atoms with Crippen LogP contribution in [0, 0.1) is 0 Å². The van der Waals surface area contributed by atoms with E-state index in [-0.39, 0.29) is 18.9 Å². The first-order chi connectivity index (χ1) is 9.65. The smallest absolute Gasteiger partial charge is 0.303 e. The molecule has 0 bridgehead atoms. The lowest BCUT2D eigenvalue weighted by Crippen LogP contribution is -2.39. The molecule has 1 rings (SSSR count). The number of anilines is 1. The van der Waals surface area contributed by atoms with Crippen LogP contribution in [0.1, 0.15) is 12.8 Å². The lowest BCUT2D eigenvalue weighted by Gasteiger charge is -2.22. The lowest BCUT2D eigenvalue weighted by molar-refractivity contribution is -0.137. The Morgan fingerprint density at radius 2 is 2.00 bits per heavy atom. The highest BCUT2D eigenvalue weighted by Crippen LogP contribution is 2.14. The Morgan fingerprint density at radius 1 is 1.30 bits per heavy atom. The third-order valence-corrected chi connectivity index (χ3v) is 2.71. The van der Waals surface area contributed by atoms with Crippen LogP contribution in [0.2, 0.25) is 0 Å². The molecule has 5 heteroatoms. The maximum atomic E-state index is 12.2. The number of rotatable bonds is 9. The third-order valence-electron chi connectivity index (χ3n) is 2.71. The molecule has 0 aliphatic rings. The van der Waals surface area contributed by atoms with Gasteiger partial charge in [-0.1, -0.05) is 24.3 Å². The van der Waals surface area contributed by atoms with Gasteiger partial charge in [-0.05, 0) is 18.6 Å². The Kier molecular flexibility index (Phi) is 7.06. The number of carboxylic acid groups (broad SMARTS) is 1. The van der Waals surface area contributed by atoms with Gasteiger partial charge >= 0.3 is 5.97 Å². The summed E-state index contributed by atoms with van der Waals surface area (Å²) >= 11 is 0. The number of aliphatic carboxylic acids is 1. The van der Waals surface area contributed by atoms with E-state index >= 15 is 0 Å². The third kappa shape index (κ3) is 5.67. The van der Waals surface area contributed by atoms with E-state index in [0.717, 1.165) is 5.69 Å². The predicted octanol–water partition coefficient (Wildman–Crippen LogP) is 1.66. The molecule has 1 amide bonds. The van der Waals surface area contributed by atoms with E-state index in [1.165, 1.54) is 0 Å². The van der Waals surface area contributed by atoms with Crippen molar-refractivity contribution in [3.8, 4) is 0 Å². The Morgan fingerprint density at radius 3 is 2.60 bits per heavy atom. The zero-order chi connectivity index (χ0) is 14.8. The topological polar surface area (TPSA) is 69.6 Å². The summed E-state index contributed by atoms with van der Waals surface area (Å²) in [6, 6.07) is 9.26. The van der Waals surface area contributed by atoms with Crippen LogP contribution in [-0.2, 0) is 9.59 Å². The minimum atomic E-state index is -0.852. The van der Waals surface area contributed by atoms with E-state index in [0.29, 0.717) is 19.5 Å². The quantitative estimate of drug-likeness (QED) is 0.531. The van der Waals surface area contributed by atoms with Crippen molar-refractivity contribution >= 4 is 17.6 Å². The number of carbonyl (C=O) groups excluding carboxylic acids is 1. The SMILES string of the molecule is C=CCNCC(=O)N(CCCC(=O)O)c1ccccc1. The summed E-state index contributed by atoms with van der Waals surface area (Å²) in [5.41, 5.74) is 0.781. The summed E-state index contributed by atoms with van der Waals surface area (Å²) in [5.74, 6) is -0.932. The zero-order valence-corrected chi connectivity index (χ0v) is 11.4.